The van der Waals surface area contributed by atoms with Crippen LogP contribution >= 0.6 is 0 Å². The summed E-state index contributed by atoms with van der Waals surface area (Å²) in [5.74, 6) is -1.12. The third-order valence-corrected chi connectivity index (χ3v) is 3.55. The summed E-state index contributed by atoms with van der Waals surface area (Å²) in [5, 5.41) is 16.3. The van der Waals surface area contributed by atoms with Crippen LogP contribution in [0.5, 0.6) is 0 Å². The van der Waals surface area contributed by atoms with Gasteiger partial charge in [-0.2, -0.15) is 13.9 Å². The highest BCUT2D eigenvalue weighted by Gasteiger charge is 2.15. The van der Waals surface area contributed by atoms with E-state index in [2.05, 4.69) is 40.4 Å². The van der Waals surface area contributed by atoms with Crippen LogP contribution in [0.4, 0.5) is 8.78 Å². The van der Waals surface area contributed by atoms with Gasteiger partial charge in [0.15, 0.2) is 11.3 Å². The monoisotopic (exact) mass is 395 g/mol. The lowest BCUT2D eigenvalue weighted by molar-refractivity contribution is -0.151. The zero-order chi connectivity index (χ0) is 20.1. The van der Waals surface area contributed by atoms with Gasteiger partial charge in [-0.25, -0.2) is 14.1 Å². The highest BCUT2D eigenvalue weighted by Crippen LogP contribution is 2.07. The first-order valence-corrected chi connectivity index (χ1v) is 7.99. The quantitative estimate of drug-likeness (QED) is 0.552. The number of imidazole rings is 1. The Hall–Kier alpha value is -3.48. The van der Waals surface area contributed by atoms with Gasteiger partial charge >= 0.3 is 6.61 Å². The summed E-state index contributed by atoms with van der Waals surface area (Å²) in [6.45, 7) is -1.93. The zero-order valence-electron chi connectivity index (χ0n) is 14.6. The Balaban J connectivity index is 1.57. The zero-order valence-corrected chi connectivity index (χ0v) is 14.6. The number of rotatable bonds is 8. The fourth-order valence-electron chi connectivity index (χ4n) is 2.23. The van der Waals surface area contributed by atoms with Gasteiger partial charge in [0.2, 0.25) is 5.91 Å². The number of nitrogens with zero attached hydrogens (tertiary/aromatic N) is 5. The first-order chi connectivity index (χ1) is 13.4. The lowest BCUT2D eigenvalue weighted by atomic mass is 10.3. The van der Waals surface area contributed by atoms with E-state index in [-0.39, 0.29) is 18.8 Å². The fourth-order valence-corrected chi connectivity index (χ4v) is 2.23. The average Bonchev–Trinajstić information content (AvgIpc) is 3.27. The number of amides is 2. The van der Waals surface area contributed by atoms with E-state index in [0.717, 1.165) is 0 Å². The number of alkyl halides is 2. The molecule has 0 unspecified atom stereocenters. The van der Waals surface area contributed by atoms with Crippen molar-refractivity contribution in [2.75, 3.05) is 6.61 Å². The van der Waals surface area contributed by atoms with E-state index in [1.807, 2.05) is 0 Å². The van der Waals surface area contributed by atoms with Gasteiger partial charge in [-0.15, -0.1) is 0 Å². The van der Waals surface area contributed by atoms with E-state index in [9.17, 15) is 18.4 Å². The molecule has 0 saturated carbocycles. The second-order valence-electron chi connectivity index (χ2n) is 5.63. The molecule has 11 nitrogen and oxygen atoms in total. The number of aryl methyl sites for hydroxylation is 1. The van der Waals surface area contributed by atoms with E-state index in [0.29, 0.717) is 22.6 Å². The molecular weight excluding hydrogens is 380 g/mol. The molecule has 3 aromatic heterocycles. The molecule has 28 heavy (non-hydrogen) atoms. The smallest absolute Gasteiger partial charge is 0.345 e. The minimum absolute atomic E-state index is 0.0757. The van der Waals surface area contributed by atoms with Crippen molar-refractivity contribution in [3.8, 4) is 0 Å². The second kappa shape index (κ2) is 8.47. The summed E-state index contributed by atoms with van der Waals surface area (Å²) in [6, 6.07) is 1.66. The summed E-state index contributed by atoms with van der Waals surface area (Å²) in [6.07, 6.45) is 3.12. The predicted octanol–water partition coefficient (Wildman–Crippen LogP) is 0.206. The van der Waals surface area contributed by atoms with Crippen molar-refractivity contribution in [1.82, 2.24) is 35.5 Å². The molecule has 148 valence electrons. The first kappa shape index (κ1) is 19.3. The minimum Gasteiger partial charge on any atom is -0.350 e. The molecule has 0 radical (unpaired) electrons. The molecule has 2 N–H and O–H groups in total. The number of nitrogens with one attached hydrogen (secondary N) is 2. The van der Waals surface area contributed by atoms with Gasteiger partial charge in [-0.1, -0.05) is 5.16 Å². The van der Waals surface area contributed by atoms with Gasteiger partial charge in [-0.3, -0.25) is 9.59 Å². The maximum absolute atomic E-state index is 12.0. The van der Waals surface area contributed by atoms with Gasteiger partial charge in [0.05, 0.1) is 24.6 Å². The lowest BCUT2D eigenvalue weighted by Gasteiger charge is -2.05. The number of carbonyl (C=O) groups excluding carboxylic acids is 2. The van der Waals surface area contributed by atoms with Crippen molar-refractivity contribution in [1.29, 1.82) is 0 Å². The molecule has 3 rings (SSSR count). The van der Waals surface area contributed by atoms with Gasteiger partial charge in [0.25, 0.3) is 5.91 Å². The van der Waals surface area contributed by atoms with Crippen LogP contribution < -0.4 is 10.6 Å². The van der Waals surface area contributed by atoms with Crippen molar-refractivity contribution >= 4 is 17.5 Å². The molecule has 0 aliphatic rings. The van der Waals surface area contributed by atoms with Crippen molar-refractivity contribution in [3.63, 3.8) is 0 Å². The van der Waals surface area contributed by atoms with E-state index < -0.39 is 25.0 Å². The Bertz CT molecular complexity index is 988. The number of ether oxygens (including phenoxy) is 1. The molecule has 0 aromatic carbocycles. The summed E-state index contributed by atoms with van der Waals surface area (Å²) in [5.41, 5.74) is 2.11. The summed E-state index contributed by atoms with van der Waals surface area (Å²) in [4.78, 5) is 27.7. The molecule has 0 aliphatic carbocycles. The third-order valence-electron chi connectivity index (χ3n) is 3.55. The fraction of sp³-hybridized carbons (Fsp3) is 0.333. The summed E-state index contributed by atoms with van der Waals surface area (Å²) >= 11 is 0. The van der Waals surface area contributed by atoms with Crippen molar-refractivity contribution in [2.24, 2.45) is 0 Å². The Morgan fingerprint density at radius 1 is 1.29 bits per heavy atom. The van der Waals surface area contributed by atoms with Crippen LogP contribution in [0.15, 0.2) is 23.1 Å². The van der Waals surface area contributed by atoms with Crippen LogP contribution in [-0.2, 0) is 22.6 Å². The van der Waals surface area contributed by atoms with Crippen LogP contribution in [0.3, 0.4) is 0 Å². The number of aromatic nitrogens is 5. The highest BCUT2D eigenvalue weighted by molar-refractivity contribution is 5.92. The van der Waals surface area contributed by atoms with Gasteiger partial charge in [0, 0.05) is 6.54 Å². The van der Waals surface area contributed by atoms with E-state index >= 15 is 0 Å². The number of hydrogen-bond donors (Lipinski definition) is 2. The molecule has 3 aromatic rings. The molecule has 0 fully saturated rings. The Labute approximate surface area is 156 Å². The molecule has 0 saturated heterocycles. The minimum atomic E-state index is -3.00. The average molecular weight is 395 g/mol. The lowest BCUT2D eigenvalue weighted by Crippen LogP contribution is -2.28. The predicted molar refractivity (Wildman–Crippen MR) is 87.0 cm³/mol. The molecule has 2 amide bonds. The maximum atomic E-state index is 12.0. The molecule has 0 aliphatic heterocycles. The van der Waals surface area contributed by atoms with Crippen LogP contribution in [0.25, 0.3) is 5.65 Å². The van der Waals surface area contributed by atoms with Crippen LogP contribution in [-0.4, -0.2) is 49.9 Å². The molecule has 3 heterocycles. The van der Waals surface area contributed by atoms with E-state index in [1.165, 1.54) is 10.7 Å². The maximum Gasteiger partial charge on any atom is 0.345 e. The SMILES string of the molecule is Cc1nonc1C(=O)NCc1cn2ncc(CNC(=O)COC(F)F)cc2n1. The summed E-state index contributed by atoms with van der Waals surface area (Å²) < 4.78 is 33.7. The van der Waals surface area contributed by atoms with Crippen molar-refractivity contribution < 1.29 is 27.7 Å². The van der Waals surface area contributed by atoms with Crippen molar-refractivity contribution in [2.45, 2.75) is 26.6 Å². The Kier molecular flexibility index (Phi) is 5.84. The molecule has 0 spiro atoms. The largest absolute Gasteiger partial charge is 0.350 e. The Morgan fingerprint density at radius 2 is 2.11 bits per heavy atom. The number of halogens is 2. The normalized spacial score (nSPS) is 11.1. The van der Waals surface area contributed by atoms with Crippen LogP contribution in [0, 0.1) is 6.92 Å². The van der Waals surface area contributed by atoms with Gasteiger partial charge in [0.1, 0.15) is 12.3 Å². The van der Waals surface area contributed by atoms with Crippen LogP contribution in [0.1, 0.15) is 27.4 Å². The van der Waals surface area contributed by atoms with Gasteiger partial charge < -0.3 is 15.4 Å². The molecule has 0 bridgehead atoms. The molecule has 0 atom stereocenters. The number of hydrogen-bond acceptors (Lipinski definition) is 8. The topological polar surface area (TPSA) is 137 Å². The highest BCUT2D eigenvalue weighted by atomic mass is 19.3. The van der Waals surface area contributed by atoms with E-state index in [4.69, 9.17) is 0 Å². The molecule has 13 heteroatoms. The van der Waals surface area contributed by atoms with Crippen LogP contribution in [0.2, 0.25) is 0 Å². The summed E-state index contributed by atoms with van der Waals surface area (Å²) in [7, 11) is 0. The first-order valence-electron chi connectivity index (χ1n) is 7.99. The molecular formula is C15H15F2N7O4. The van der Waals surface area contributed by atoms with E-state index in [1.54, 1.807) is 19.2 Å². The van der Waals surface area contributed by atoms with Crippen molar-refractivity contribution in [3.05, 3.63) is 41.1 Å². The standard InChI is InChI=1S/C15H15F2N7O4/c1-8-13(23-28-22-8)14(26)19-5-10-6-24-11(21-10)2-9(4-20-24)3-18-12(25)7-27-15(16)17/h2,4,6,15H,3,5,7H2,1H3,(H,18,25)(H,19,26). The number of carbonyl (C=O) groups is 2. The second-order valence-corrected chi connectivity index (χ2v) is 5.63. The third kappa shape index (κ3) is 4.82. The number of fused-ring (bicyclic) bond motifs is 1. The van der Waals surface area contributed by atoms with Gasteiger partial charge in [-0.05, 0) is 23.7 Å². The Morgan fingerprint density at radius 3 is 2.82 bits per heavy atom.